The Labute approximate surface area is 186 Å². The number of rotatable bonds is 7. The fourth-order valence-electron chi connectivity index (χ4n) is 4.15. The molecule has 0 aliphatic carbocycles. The number of nitrogens with one attached hydrogen (secondary N) is 1. The van der Waals surface area contributed by atoms with Gasteiger partial charge in [-0.1, -0.05) is 32.0 Å². The number of aryl methyl sites for hydroxylation is 1. The van der Waals surface area contributed by atoms with Crippen LogP contribution in [0.4, 0.5) is 10.8 Å². The van der Waals surface area contributed by atoms with Crippen LogP contribution in [0.25, 0.3) is 0 Å². The van der Waals surface area contributed by atoms with Crippen LogP contribution >= 0.6 is 11.3 Å². The average Bonchev–Trinajstić information content (AvgIpc) is 3.36. The van der Waals surface area contributed by atoms with Crippen LogP contribution < -0.4 is 5.32 Å². The molecular weight excluding hydrogens is 416 g/mol. The summed E-state index contributed by atoms with van der Waals surface area (Å²) < 4.78 is 16.9. The second kappa shape index (κ2) is 8.24. The van der Waals surface area contributed by atoms with Gasteiger partial charge in [-0.2, -0.15) is 0 Å². The highest BCUT2D eigenvalue weighted by molar-refractivity contribution is 7.13. The van der Waals surface area contributed by atoms with Gasteiger partial charge in [-0.05, 0) is 31.4 Å². The molecule has 1 aromatic heterocycles. The summed E-state index contributed by atoms with van der Waals surface area (Å²) in [4.78, 5) is 30.2. The second-order valence-electron chi connectivity index (χ2n) is 9.02. The molecule has 3 atom stereocenters. The van der Waals surface area contributed by atoms with Crippen molar-refractivity contribution in [2.45, 2.75) is 52.2 Å². The van der Waals surface area contributed by atoms with Crippen LogP contribution in [-0.2, 0) is 29.4 Å². The molecule has 8 heteroatoms. The van der Waals surface area contributed by atoms with Gasteiger partial charge >= 0.3 is 11.9 Å². The number of ether oxygens (including phenoxy) is 3. The molecular formula is C23H28N2O5S. The maximum atomic E-state index is 12.9. The maximum absolute atomic E-state index is 12.9. The van der Waals surface area contributed by atoms with Crippen molar-refractivity contribution in [2.75, 3.05) is 18.5 Å². The van der Waals surface area contributed by atoms with Crippen molar-refractivity contribution in [2.24, 2.45) is 11.3 Å². The van der Waals surface area contributed by atoms with E-state index in [1.807, 2.05) is 43.5 Å². The highest BCUT2D eigenvalue weighted by Gasteiger charge is 2.65. The Bertz CT molecular complexity index is 990. The summed E-state index contributed by atoms with van der Waals surface area (Å²) in [6.07, 6.45) is 0.0535. The molecule has 1 aromatic carbocycles. The van der Waals surface area contributed by atoms with Crippen LogP contribution in [0, 0.1) is 18.3 Å². The van der Waals surface area contributed by atoms with Gasteiger partial charge in [-0.25, -0.2) is 4.98 Å². The van der Waals surface area contributed by atoms with E-state index in [1.54, 1.807) is 0 Å². The van der Waals surface area contributed by atoms with E-state index in [0.29, 0.717) is 23.4 Å². The molecule has 3 heterocycles. The first-order chi connectivity index (χ1) is 14.7. The van der Waals surface area contributed by atoms with E-state index in [9.17, 15) is 9.59 Å². The number of thiazole rings is 1. The third-order valence-corrected chi connectivity index (χ3v) is 6.53. The summed E-state index contributed by atoms with van der Waals surface area (Å²) in [5, 5.41) is 5.89. The van der Waals surface area contributed by atoms with Gasteiger partial charge in [-0.3, -0.25) is 9.59 Å². The lowest BCUT2D eigenvalue weighted by Gasteiger charge is -2.20. The lowest BCUT2D eigenvalue weighted by molar-refractivity contribution is -0.160. The van der Waals surface area contributed by atoms with Crippen molar-refractivity contribution >= 4 is 34.1 Å². The molecule has 2 aromatic rings. The minimum Gasteiger partial charge on any atom is -0.459 e. The molecule has 166 valence electrons. The first kappa shape index (κ1) is 21.8. The SMILES string of the molecule is Cc1ccccc1Nc1nc([C@]2(C)C[C@]3(C[C@H](COCC(C)C)OC3=O)C(=O)O2)cs1. The van der Waals surface area contributed by atoms with Gasteiger partial charge in [0, 0.05) is 30.5 Å². The number of hydrogen-bond donors (Lipinski definition) is 1. The van der Waals surface area contributed by atoms with E-state index < -0.39 is 29.1 Å². The Kier molecular flexibility index (Phi) is 5.79. The summed E-state index contributed by atoms with van der Waals surface area (Å²) in [6.45, 7) is 8.81. The van der Waals surface area contributed by atoms with Crippen molar-refractivity contribution in [3.63, 3.8) is 0 Å². The monoisotopic (exact) mass is 444 g/mol. The van der Waals surface area contributed by atoms with Gasteiger partial charge in [0.1, 0.15) is 6.10 Å². The van der Waals surface area contributed by atoms with E-state index in [0.717, 1.165) is 11.3 Å². The lowest BCUT2D eigenvalue weighted by atomic mass is 9.78. The number of anilines is 2. The number of aromatic nitrogens is 1. The topological polar surface area (TPSA) is 86.8 Å². The molecule has 2 fully saturated rings. The quantitative estimate of drug-likeness (QED) is 0.502. The molecule has 1 N–H and O–H groups in total. The van der Waals surface area contributed by atoms with Crippen molar-refractivity contribution < 1.29 is 23.8 Å². The zero-order chi connectivity index (χ0) is 22.2. The molecule has 4 rings (SSSR count). The number of carbonyl (C=O) groups is 2. The van der Waals surface area contributed by atoms with E-state index >= 15 is 0 Å². The molecule has 0 saturated carbocycles. The second-order valence-corrected chi connectivity index (χ2v) is 9.88. The lowest BCUT2D eigenvalue weighted by Crippen LogP contribution is -2.32. The van der Waals surface area contributed by atoms with E-state index in [2.05, 4.69) is 24.1 Å². The van der Waals surface area contributed by atoms with Crippen LogP contribution in [0.5, 0.6) is 0 Å². The highest BCUT2D eigenvalue weighted by atomic mass is 32.1. The first-order valence-electron chi connectivity index (χ1n) is 10.5. The van der Waals surface area contributed by atoms with Crippen LogP contribution in [-0.4, -0.2) is 36.2 Å². The number of esters is 2. The zero-order valence-electron chi connectivity index (χ0n) is 18.3. The fraction of sp³-hybridized carbons (Fsp3) is 0.522. The zero-order valence-corrected chi connectivity index (χ0v) is 19.1. The molecule has 7 nitrogen and oxygen atoms in total. The van der Waals surface area contributed by atoms with Crippen molar-refractivity contribution in [1.29, 1.82) is 0 Å². The smallest absolute Gasteiger partial charge is 0.324 e. The Morgan fingerprint density at radius 1 is 1.29 bits per heavy atom. The molecule has 1 spiro atoms. The molecule has 0 amide bonds. The summed E-state index contributed by atoms with van der Waals surface area (Å²) in [5.41, 5.74) is 0.444. The van der Waals surface area contributed by atoms with Crippen LogP contribution in [0.15, 0.2) is 29.6 Å². The van der Waals surface area contributed by atoms with Gasteiger partial charge in [0.15, 0.2) is 16.1 Å². The normalized spacial score (nSPS) is 27.7. The summed E-state index contributed by atoms with van der Waals surface area (Å²) >= 11 is 1.44. The molecule has 31 heavy (non-hydrogen) atoms. The standard InChI is InChI=1S/C23H28N2O5S/c1-14(2)10-28-11-16-9-23(19(26)29-16)13-22(4,30-20(23)27)18-12-31-21(25-18)24-17-8-6-5-7-15(17)3/h5-8,12,14,16H,9-11,13H2,1-4H3,(H,24,25)/t16-,22+,23+/m1/s1. The highest BCUT2D eigenvalue weighted by Crippen LogP contribution is 2.52. The summed E-state index contributed by atoms with van der Waals surface area (Å²) in [5.74, 6) is -0.668. The molecule has 0 bridgehead atoms. The van der Waals surface area contributed by atoms with Crippen LogP contribution in [0.2, 0.25) is 0 Å². The van der Waals surface area contributed by atoms with E-state index in [1.165, 1.54) is 11.3 Å². The first-order valence-corrected chi connectivity index (χ1v) is 11.4. The van der Waals surface area contributed by atoms with Gasteiger partial charge in [0.25, 0.3) is 0 Å². The molecule has 2 aliphatic rings. The maximum Gasteiger partial charge on any atom is 0.324 e. The van der Waals surface area contributed by atoms with Gasteiger partial charge in [0.05, 0.1) is 12.3 Å². The molecule has 2 aliphatic heterocycles. The Hall–Kier alpha value is -2.45. The summed E-state index contributed by atoms with van der Waals surface area (Å²) in [7, 11) is 0. The van der Waals surface area contributed by atoms with Crippen molar-refractivity contribution in [1.82, 2.24) is 4.98 Å². The van der Waals surface area contributed by atoms with Gasteiger partial charge in [0.2, 0.25) is 0 Å². The summed E-state index contributed by atoms with van der Waals surface area (Å²) in [6, 6.07) is 7.95. The van der Waals surface area contributed by atoms with Gasteiger partial charge in [-0.15, -0.1) is 11.3 Å². The van der Waals surface area contributed by atoms with Gasteiger partial charge < -0.3 is 19.5 Å². The molecule has 0 unspecified atom stereocenters. The van der Waals surface area contributed by atoms with E-state index in [-0.39, 0.29) is 19.4 Å². The van der Waals surface area contributed by atoms with Crippen LogP contribution in [0.3, 0.4) is 0 Å². The van der Waals surface area contributed by atoms with Crippen LogP contribution in [0.1, 0.15) is 44.9 Å². The number of cyclic esters (lactones) is 2. The fourth-order valence-corrected chi connectivity index (χ4v) is 4.99. The number of carbonyl (C=O) groups excluding carboxylic acids is 2. The number of para-hydroxylation sites is 1. The Morgan fingerprint density at radius 2 is 2.06 bits per heavy atom. The minimum absolute atomic E-state index is 0.214. The molecule has 0 radical (unpaired) electrons. The minimum atomic E-state index is -1.28. The predicted molar refractivity (Wildman–Crippen MR) is 117 cm³/mol. The largest absolute Gasteiger partial charge is 0.459 e. The number of hydrogen-bond acceptors (Lipinski definition) is 8. The Balaban J connectivity index is 1.48. The number of nitrogens with zero attached hydrogens (tertiary/aromatic N) is 1. The average molecular weight is 445 g/mol. The predicted octanol–water partition coefficient (Wildman–Crippen LogP) is 4.33. The van der Waals surface area contributed by atoms with E-state index in [4.69, 9.17) is 14.2 Å². The van der Waals surface area contributed by atoms with Crippen molar-refractivity contribution in [3.05, 3.63) is 40.9 Å². The third kappa shape index (κ3) is 4.19. The molecule has 2 saturated heterocycles. The third-order valence-electron chi connectivity index (χ3n) is 5.78. The Morgan fingerprint density at radius 3 is 2.81 bits per heavy atom. The van der Waals surface area contributed by atoms with Crippen molar-refractivity contribution in [3.8, 4) is 0 Å². The number of benzene rings is 1.